The van der Waals surface area contributed by atoms with Gasteiger partial charge in [-0.2, -0.15) is 13.2 Å². The minimum absolute atomic E-state index is 0.0795. The highest BCUT2D eigenvalue weighted by Gasteiger charge is 2.33. The number of rotatable bonds is 3. The van der Waals surface area contributed by atoms with Gasteiger partial charge in [0.2, 0.25) is 0 Å². The maximum Gasteiger partial charge on any atom is 0.446 e. The predicted molar refractivity (Wildman–Crippen MR) is 86.8 cm³/mol. The highest BCUT2D eigenvalue weighted by atomic mass is 32.2. The number of anilines is 1. The third-order valence-electron chi connectivity index (χ3n) is 3.76. The third-order valence-corrected chi connectivity index (χ3v) is 4.57. The molecule has 5 nitrogen and oxygen atoms in total. The molecule has 3 rings (SSSR count). The maximum absolute atomic E-state index is 12.8. The largest absolute Gasteiger partial charge is 0.446 e. The minimum atomic E-state index is -4.52. The van der Waals surface area contributed by atoms with Crippen LogP contribution in [0.2, 0.25) is 0 Å². The molecule has 1 aliphatic rings. The molecule has 130 valence electrons. The summed E-state index contributed by atoms with van der Waals surface area (Å²) in [5.41, 5.74) is -3.65. The Morgan fingerprint density at radius 1 is 1.20 bits per heavy atom. The van der Waals surface area contributed by atoms with Crippen LogP contribution in [-0.2, 0) is 6.42 Å². The van der Waals surface area contributed by atoms with Crippen molar-refractivity contribution in [1.82, 2.24) is 0 Å². The highest BCUT2D eigenvalue weighted by molar-refractivity contribution is 8.00. The summed E-state index contributed by atoms with van der Waals surface area (Å²) in [7, 11) is 0. The van der Waals surface area contributed by atoms with Crippen molar-refractivity contribution in [2.24, 2.45) is 0 Å². The first kappa shape index (κ1) is 17.3. The van der Waals surface area contributed by atoms with Gasteiger partial charge in [-0.25, -0.2) is 0 Å². The van der Waals surface area contributed by atoms with E-state index in [4.69, 9.17) is 0 Å². The molecule has 0 aliphatic carbocycles. The van der Waals surface area contributed by atoms with E-state index in [2.05, 4.69) is 0 Å². The van der Waals surface area contributed by atoms with E-state index in [1.54, 1.807) is 6.07 Å². The van der Waals surface area contributed by atoms with Crippen LogP contribution in [0.3, 0.4) is 0 Å². The molecule has 2 aromatic carbocycles. The molecule has 0 radical (unpaired) electrons. The van der Waals surface area contributed by atoms with Crippen molar-refractivity contribution in [1.29, 1.82) is 0 Å². The molecule has 0 saturated carbocycles. The number of fused-ring (bicyclic) bond motifs is 1. The van der Waals surface area contributed by atoms with Crippen LogP contribution in [-0.4, -0.2) is 22.9 Å². The number of hydrogen-bond donors (Lipinski definition) is 0. The Balaban J connectivity index is 1.97. The molecule has 0 unspecified atom stereocenters. The number of nitro groups is 1. The van der Waals surface area contributed by atoms with E-state index in [-0.39, 0.29) is 34.5 Å². The highest BCUT2D eigenvalue weighted by Crippen LogP contribution is 2.40. The van der Waals surface area contributed by atoms with Gasteiger partial charge in [0.05, 0.1) is 16.2 Å². The van der Waals surface area contributed by atoms with Crippen molar-refractivity contribution in [3.8, 4) is 0 Å². The van der Waals surface area contributed by atoms with Crippen molar-refractivity contribution in [2.45, 2.75) is 16.8 Å². The van der Waals surface area contributed by atoms with E-state index in [9.17, 15) is 28.1 Å². The molecule has 0 aromatic heterocycles. The molecule has 0 fully saturated rings. The quantitative estimate of drug-likeness (QED) is 0.457. The van der Waals surface area contributed by atoms with Gasteiger partial charge in [0, 0.05) is 23.6 Å². The van der Waals surface area contributed by atoms with Gasteiger partial charge >= 0.3 is 5.51 Å². The van der Waals surface area contributed by atoms with Crippen molar-refractivity contribution in [3.63, 3.8) is 0 Å². The van der Waals surface area contributed by atoms with Gasteiger partial charge in [-0.3, -0.25) is 14.9 Å². The van der Waals surface area contributed by atoms with E-state index in [0.717, 1.165) is 5.56 Å². The molecule has 0 bridgehead atoms. The van der Waals surface area contributed by atoms with Gasteiger partial charge in [0.15, 0.2) is 0 Å². The van der Waals surface area contributed by atoms with Gasteiger partial charge in [-0.15, -0.1) is 0 Å². The molecule has 0 saturated heterocycles. The van der Waals surface area contributed by atoms with Gasteiger partial charge in [0.25, 0.3) is 11.6 Å². The van der Waals surface area contributed by atoms with Crippen LogP contribution >= 0.6 is 11.8 Å². The van der Waals surface area contributed by atoms with Crippen molar-refractivity contribution >= 4 is 29.0 Å². The normalized spacial score (nSPS) is 13.6. The number of nitrogens with zero attached hydrogens (tertiary/aromatic N) is 2. The van der Waals surface area contributed by atoms with Crippen molar-refractivity contribution in [2.75, 3.05) is 11.4 Å². The zero-order valence-corrected chi connectivity index (χ0v) is 13.4. The standard InChI is InChI=1S/C16H11F3N2O3S/c17-16(18,19)25-14-4-2-1-3-12(14)15(22)20-8-7-10-5-6-11(21(23)24)9-13(10)20/h1-6,9H,7-8H2. The molecule has 0 N–H and O–H groups in total. The average molecular weight is 368 g/mol. The number of amides is 1. The van der Waals surface area contributed by atoms with Crippen LogP contribution in [0.25, 0.3) is 0 Å². The molecule has 0 atom stereocenters. The number of carbonyl (C=O) groups excluding carboxylic acids is 1. The molecular weight excluding hydrogens is 357 g/mol. The van der Waals surface area contributed by atoms with E-state index in [0.29, 0.717) is 12.1 Å². The zero-order valence-electron chi connectivity index (χ0n) is 12.6. The number of alkyl halides is 3. The summed E-state index contributed by atoms with van der Waals surface area (Å²) in [6.07, 6.45) is 0.494. The lowest BCUT2D eigenvalue weighted by molar-refractivity contribution is -0.384. The van der Waals surface area contributed by atoms with E-state index < -0.39 is 16.3 Å². The van der Waals surface area contributed by atoms with E-state index >= 15 is 0 Å². The predicted octanol–water partition coefficient (Wildman–Crippen LogP) is 4.41. The lowest BCUT2D eigenvalue weighted by Crippen LogP contribution is -2.29. The SMILES string of the molecule is O=C(c1ccccc1SC(F)(F)F)N1CCc2ccc([N+](=O)[O-])cc21. The fourth-order valence-corrected chi connectivity index (χ4v) is 3.36. The summed E-state index contributed by atoms with van der Waals surface area (Å²) in [4.78, 5) is 24.2. The number of benzene rings is 2. The Morgan fingerprint density at radius 2 is 1.92 bits per heavy atom. The first-order chi connectivity index (χ1) is 11.8. The van der Waals surface area contributed by atoms with Crippen molar-refractivity contribution < 1.29 is 22.9 Å². The monoisotopic (exact) mass is 368 g/mol. The molecule has 0 spiro atoms. The Morgan fingerprint density at radius 3 is 2.60 bits per heavy atom. The van der Waals surface area contributed by atoms with Gasteiger partial charge in [0.1, 0.15) is 0 Å². The molecule has 9 heteroatoms. The topological polar surface area (TPSA) is 63.5 Å². The van der Waals surface area contributed by atoms with Crippen LogP contribution in [0, 0.1) is 10.1 Å². The van der Waals surface area contributed by atoms with Crippen LogP contribution < -0.4 is 4.90 Å². The molecular formula is C16H11F3N2O3S. The molecule has 2 aromatic rings. The Kier molecular flexibility index (Phi) is 4.42. The number of nitro benzene ring substituents is 1. The smallest absolute Gasteiger partial charge is 0.307 e. The number of halogens is 3. The molecule has 1 aliphatic heterocycles. The van der Waals surface area contributed by atoms with E-state index in [1.807, 2.05) is 0 Å². The number of thioether (sulfide) groups is 1. The van der Waals surface area contributed by atoms with Gasteiger partial charge in [-0.1, -0.05) is 18.2 Å². The fraction of sp³-hybridized carbons (Fsp3) is 0.188. The second-order valence-electron chi connectivity index (χ2n) is 5.32. The molecule has 1 heterocycles. The third kappa shape index (κ3) is 3.60. The summed E-state index contributed by atoms with van der Waals surface area (Å²) < 4.78 is 38.1. The second kappa shape index (κ2) is 6.40. The van der Waals surface area contributed by atoms with Crippen LogP contribution in [0.4, 0.5) is 24.5 Å². The van der Waals surface area contributed by atoms with Gasteiger partial charge in [-0.05, 0) is 35.9 Å². The Bertz CT molecular complexity index is 855. The number of carbonyl (C=O) groups is 1. The Hall–Kier alpha value is -2.55. The lowest BCUT2D eigenvalue weighted by Gasteiger charge is -2.19. The summed E-state index contributed by atoms with van der Waals surface area (Å²) in [5.74, 6) is -0.605. The Labute approximate surface area is 144 Å². The average Bonchev–Trinajstić information content (AvgIpc) is 2.96. The second-order valence-corrected chi connectivity index (χ2v) is 6.43. The molecule has 1 amide bonds. The fourth-order valence-electron chi connectivity index (χ4n) is 2.69. The summed E-state index contributed by atoms with van der Waals surface area (Å²) in [5, 5.41) is 10.9. The molecule has 25 heavy (non-hydrogen) atoms. The van der Waals surface area contributed by atoms with Crippen LogP contribution in [0.15, 0.2) is 47.4 Å². The lowest BCUT2D eigenvalue weighted by atomic mass is 10.1. The van der Waals surface area contributed by atoms with E-state index in [1.165, 1.54) is 41.3 Å². The summed E-state index contributed by atoms with van der Waals surface area (Å²) in [6.45, 7) is 0.264. The number of hydrogen-bond acceptors (Lipinski definition) is 4. The van der Waals surface area contributed by atoms with Crippen LogP contribution in [0.1, 0.15) is 15.9 Å². The first-order valence-electron chi connectivity index (χ1n) is 7.20. The maximum atomic E-state index is 12.8. The first-order valence-corrected chi connectivity index (χ1v) is 8.02. The van der Waals surface area contributed by atoms with Gasteiger partial charge < -0.3 is 4.90 Å². The summed E-state index contributed by atoms with van der Waals surface area (Å²) in [6, 6.07) is 9.66. The van der Waals surface area contributed by atoms with Crippen molar-refractivity contribution in [3.05, 3.63) is 63.7 Å². The summed E-state index contributed by atoms with van der Waals surface area (Å²) >= 11 is -0.352. The minimum Gasteiger partial charge on any atom is -0.307 e. The van der Waals surface area contributed by atoms with Crippen LogP contribution in [0.5, 0.6) is 0 Å². The zero-order chi connectivity index (χ0) is 18.2. The number of non-ortho nitro benzene ring substituents is 1.